The molecule has 0 saturated heterocycles. The second kappa shape index (κ2) is 8.32. The molecule has 0 heterocycles. The van der Waals surface area contributed by atoms with E-state index in [9.17, 15) is 22.8 Å². The Hall–Kier alpha value is -1.04. The first-order valence-corrected chi connectivity index (χ1v) is 9.08. The fourth-order valence-electron chi connectivity index (χ4n) is 1.75. The molecule has 0 aliphatic heterocycles. The Kier molecular flexibility index (Phi) is 6.81. The standard InChI is InChI=1S/C15H5BrCl2F3IO4/c16-10-6(2-1-3-9(10)26-15(19,20)21)13(23)25-14(24)7-4-5-8(17)11(18)12(7)22/h1-5H. The number of hydrogen-bond acceptors (Lipinski definition) is 4. The lowest BCUT2D eigenvalue weighted by Gasteiger charge is -2.12. The predicted octanol–water partition coefficient (Wildman–Crippen LogP) is 6.26. The molecule has 0 unspecified atom stereocenters. The van der Waals surface area contributed by atoms with Crippen molar-refractivity contribution in [3.05, 3.63) is 59.5 Å². The smallest absolute Gasteiger partial charge is 0.405 e. The molecule has 0 N–H and O–H groups in total. The van der Waals surface area contributed by atoms with Crippen LogP contribution in [0.1, 0.15) is 20.7 Å². The molecule has 2 aromatic carbocycles. The fourth-order valence-corrected chi connectivity index (χ4v) is 3.43. The Labute approximate surface area is 176 Å². The molecule has 0 spiro atoms. The summed E-state index contributed by atoms with van der Waals surface area (Å²) < 4.78 is 45.5. The molecule has 0 aliphatic carbocycles. The van der Waals surface area contributed by atoms with Gasteiger partial charge in [0, 0.05) is 3.57 Å². The van der Waals surface area contributed by atoms with Gasteiger partial charge in [0.15, 0.2) is 0 Å². The van der Waals surface area contributed by atoms with Crippen LogP contribution in [0.4, 0.5) is 13.2 Å². The summed E-state index contributed by atoms with van der Waals surface area (Å²) in [4.78, 5) is 24.3. The van der Waals surface area contributed by atoms with Gasteiger partial charge < -0.3 is 9.47 Å². The maximum absolute atomic E-state index is 12.4. The molecule has 0 radical (unpaired) electrons. The molecule has 0 saturated carbocycles. The van der Waals surface area contributed by atoms with Gasteiger partial charge in [-0.2, -0.15) is 0 Å². The monoisotopic (exact) mass is 582 g/mol. The van der Waals surface area contributed by atoms with Crippen LogP contribution in [-0.4, -0.2) is 18.3 Å². The Morgan fingerprint density at radius 3 is 2.27 bits per heavy atom. The van der Waals surface area contributed by atoms with E-state index in [0.717, 1.165) is 12.1 Å². The quantitative estimate of drug-likeness (QED) is 0.185. The molecule has 4 nitrogen and oxygen atoms in total. The van der Waals surface area contributed by atoms with Gasteiger partial charge in [0.25, 0.3) is 0 Å². The van der Waals surface area contributed by atoms with Gasteiger partial charge >= 0.3 is 18.3 Å². The molecule has 0 aliphatic rings. The summed E-state index contributed by atoms with van der Waals surface area (Å²) in [6.07, 6.45) is -4.95. The average Bonchev–Trinajstić information content (AvgIpc) is 2.53. The van der Waals surface area contributed by atoms with Crippen molar-refractivity contribution in [1.29, 1.82) is 0 Å². The van der Waals surface area contributed by atoms with E-state index in [1.54, 1.807) is 22.6 Å². The first kappa shape index (κ1) is 21.3. The van der Waals surface area contributed by atoms with Crippen molar-refractivity contribution in [2.45, 2.75) is 6.36 Å². The van der Waals surface area contributed by atoms with Crippen LogP contribution >= 0.6 is 61.7 Å². The van der Waals surface area contributed by atoms with E-state index < -0.39 is 24.1 Å². The zero-order valence-corrected chi connectivity index (χ0v) is 17.4. The van der Waals surface area contributed by atoms with E-state index in [4.69, 9.17) is 27.9 Å². The minimum absolute atomic E-state index is 0.0211. The zero-order chi connectivity index (χ0) is 19.6. The normalized spacial score (nSPS) is 11.2. The van der Waals surface area contributed by atoms with Gasteiger partial charge in [0.2, 0.25) is 0 Å². The van der Waals surface area contributed by atoms with Crippen molar-refractivity contribution in [2.75, 3.05) is 0 Å². The van der Waals surface area contributed by atoms with Crippen molar-refractivity contribution in [3.8, 4) is 5.75 Å². The first-order valence-electron chi connectivity index (χ1n) is 6.45. The molecule has 26 heavy (non-hydrogen) atoms. The highest BCUT2D eigenvalue weighted by Gasteiger charge is 2.33. The molecular weight excluding hydrogens is 579 g/mol. The number of rotatable bonds is 3. The summed E-state index contributed by atoms with van der Waals surface area (Å²) in [5.41, 5.74) is -0.345. The number of esters is 2. The fraction of sp³-hybridized carbons (Fsp3) is 0.0667. The summed E-state index contributed by atoms with van der Waals surface area (Å²) in [5.74, 6) is -2.85. The highest BCUT2D eigenvalue weighted by atomic mass is 127. The number of halogens is 7. The highest BCUT2D eigenvalue weighted by Crippen LogP contribution is 2.34. The Morgan fingerprint density at radius 1 is 1.04 bits per heavy atom. The summed E-state index contributed by atoms with van der Waals surface area (Å²) >= 11 is 16.3. The molecule has 0 amide bonds. The molecule has 2 rings (SSSR count). The lowest BCUT2D eigenvalue weighted by atomic mass is 10.2. The topological polar surface area (TPSA) is 52.6 Å². The van der Waals surface area contributed by atoms with Crippen molar-refractivity contribution in [2.24, 2.45) is 0 Å². The number of benzene rings is 2. The average molecular weight is 584 g/mol. The van der Waals surface area contributed by atoms with Gasteiger partial charge in [-0.15, -0.1) is 13.2 Å². The van der Waals surface area contributed by atoms with E-state index in [2.05, 4.69) is 20.7 Å². The van der Waals surface area contributed by atoms with Crippen molar-refractivity contribution >= 4 is 73.7 Å². The largest absolute Gasteiger partial charge is 0.573 e. The maximum atomic E-state index is 12.4. The van der Waals surface area contributed by atoms with Gasteiger partial charge in [-0.3, -0.25) is 0 Å². The number of carbonyl (C=O) groups excluding carboxylic acids is 2. The minimum Gasteiger partial charge on any atom is -0.405 e. The third-order valence-corrected chi connectivity index (χ3v) is 5.91. The molecule has 0 bridgehead atoms. The minimum atomic E-state index is -4.95. The molecule has 138 valence electrons. The first-order chi connectivity index (χ1) is 12.0. The van der Waals surface area contributed by atoms with E-state index in [0.29, 0.717) is 0 Å². The van der Waals surface area contributed by atoms with Crippen LogP contribution in [0.2, 0.25) is 10.0 Å². The third kappa shape index (κ3) is 5.02. The number of ether oxygens (including phenoxy) is 2. The van der Waals surface area contributed by atoms with E-state index in [-0.39, 0.29) is 29.2 Å². The lowest BCUT2D eigenvalue weighted by molar-refractivity contribution is -0.274. The van der Waals surface area contributed by atoms with Crippen molar-refractivity contribution < 1.29 is 32.2 Å². The molecular formula is C15H5BrCl2F3IO4. The van der Waals surface area contributed by atoms with Gasteiger partial charge in [0.05, 0.1) is 25.6 Å². The van der Waals surface area contributed by atoms with Gasteiger partial charge in [-0.25, -0.2) is 9.59 Å². The van der Waals surface area contributed by atoms with Crippen molar-refractivity contribution in [3.63, 3.8) is 0 Å². The van der Waals surface area contributed by atoms with Gasteiger partial charge in [-0.05, 0) is 62.8 Å². The van der Waals surface area contributed by atoms with Gasteiger partial charge in [0.1, 0.15) is 5.75 Å². The Morgan fingerprint density at radius 2 is 1.65 bits per heavy atom. The molecule has 0 atom stereocenters. The van der Waals surface area contributed by atoms with Crippen LogP contribution in [0.15, 0.2) is 34.8 Å². The zero-order valence-electron chi connectivity index (χ0n) is 12.2. The van der Waals surface area contributed by atoms with Gasteiger partial charge in [-0.1, -0.05) is 29.3 Å². The van der Waals surface area contributed by atoms with Crippen LogP contribution in [0.5, 0.6) is 5.75 Å². The SMILES string of the molecule is O=C(OC(=O)c1ccc(Cl)c(Cl)c1I)c1cccc(OC(F)(F)F)c1Br. The third-order valence-electron chi connectivity index (χ3n) is 2.85. The summed E-state index contributed by atoms with van der Waals surface area (Å²) in [6, 6.07) is 5.97. The number of alkyl halides is 3. The van der Waals surface area contributed by atoms with E-state index >= 15 is 0 Å². The number of hydrogen-bond donors (Lipinski definition) is 0. The van der Waals surface area contributed by atoms with Crippen LogP contribution in [0, 0.1) is 3.57 Å². The van der Waals surface area contributed by atoms with Crippen LogP contribution < -0.4 is 4.74 Å². The Bertz CT molecular complexity index is 890. The van der Waals surface area contributed by atoms with Crippen LogP contribution in [-0.2, 0) is 4.74 Å². The van der Waals surface area contributed by atoms with Crippen LogP contribution in [0.25, 0.3) is 0 Å². The second-order valence-electron chi connectivity index (χ2n) is 4.57. The van der Waals surface area contributed by atoms with Crippen LogP contribution in [0.3, 0.4) is 0 Å². The molecule has 0 fully saturated rings. The molecule has 2 aromatic rings. The van der Waals surface area contributed by atoms with E-state index in [1.807, 2.05) is 0 Å². The van der Waals surface area contributed by atoms with Crippen molar-refractivity contribution in [1.82, 2.24) is 0 Å². The summed E-state index contributed by atoms with van der Waals surface area (Å²) in [7, 11) is 0. The predicted molar refractivity (Wildman–Crippen MR) is 99.8 cm³/mol. The lowest BCUT2D eigenvalue weighted by Crippen LogP contribution is -2.19. The van der Waals surface area contributed by atoms with E-state index in [1.165, 1.54) is 18.2 Å². The Balaban J connectivity index is 2.27. The maximum Gasteiger partial charge on any atom is 0.573 e. The summed E-state index contributed by atoms with van der Waals surface area (Å²) in [5, 5.41) is 0.314. The second-order valence-corrected chi connectivity index (χ2v) is 7.22. The number of carbonyl (C=O) groups is 2. The molecule has 0 aromatic heterocycles. The highest BCUT2D eigenvalue weighted by molar-refractivity contribution is 14.1. The molecule has 11 heteroatoms. The summed E-state index contributed by atoms with van der Waals surface area (Å²) in [6.45, 7) is 0.